The molecule has 3 rings (SSSR count). The third-order valence-corrected chi connectivity index (χ3v) is 4.84. The molecule has 2 aromatic heterocycles. The van der Waals surface area contributed by atoms with Crippen LogP contribution in [0.5, 0.6) is 0 Å². The second kappa shape index (κ2) is 9.28. The van der Waals surface area contributed by atoms with Gasteiger partial charge in [-0.25, -0.2) is 4.79 Å². The van der Waals surface area contributed by atoms with Gasteiger partial charge >= 0.3 is 17.9 Å². The molecule has 1 aliphatic rings. The van der Waals surface area contributed by atoms with Crippen molar-refractivity contribution < 1.29 is 38.1 Å². The second-order valence-corrected chi connectivity index (χ2v) is 7.26. The van der Waals surface area contributed by atoms with E-state index in [1.54, 1.807) is 0 Å². The van der Waals surface area contributed by atoms with E-state index in [2.05, 4.69) is 15.3 Å². The van der Waals surface area contributed by atoms with E-state index in [1.807, 2.05) is 0 Å². The van der Waals surface area contributed by atoms with Crippen molar-refractivity contribution in [1.82, 2.24) is 19.9 Å². The summed E-state index contributed by atoms with van der Waals surface area (Å²) in [4.78, 5) is 66.3. The van der Waals surface area contributed by atoms with Crippen LogP contribution in [0.3, 0.4) is 0 Å². The summed E-state index contributed by atoms with van der Waals surface area (Å²) >= 11 is 0. The minimum Gasteiger partial charge on any atom is -0.465 e. The molecular formula is C19H23N5O9. The zero-order chi connectivity index (χ0) is 24.4. The summed E-state index contributed by atoms with van der Waals surface area (Å²) in [7, 11) is 1.14. The maximum Gasteiger partial charge on any atom is 0.340 e. The smallest absolute Gasteiger partial charge is 0.340 e. The molecule has 0 bridgehead atoms. The van der Waals surface area contributed by atoms with E-state index in [0.29, 0.717) is 0 Å². The van der Waals surface area contributed by atoms with Gasteiger partial charge < -0.3 is 34.6 Å². The van der Waals surface area contributed by atoms with Crippen molar-refractivity contribution in [3.8, 4) is 0 Å². The van der Waals surface area contributed by atoms with Crippen molar-refractivity contribution in [3.05, 3.63) is 22.1 Å². The number of aromatic nitrogens is 3. The Morgan fingerprint density at radius 2 is 1.94 bits per heavy atom. The number of rotatable bonds is 6. The molecule has 14 heteroatoms. The molecule has 4 N–H and O–H groups in total. The number of esters is 3. The number of nitrogens with zero attached hydrogens (tertiary/aromatic N) is 2. The molecule has 1 saturated heterocycles. The Balaban J connectivity index is 2.18. The van der Waals surface area contributed by atoms with Crippen LogP contribution in [0.2, 0.25) is 0 Å². The first-order valence-corrected chi connectivity index (χ1v) is 9.75. The average Bonchev–Trinajstić information content (AvgIpc) is 3.24. The van der Waals surface area contributed by atoms with E-state index in [1.165, 1.54) is 31.5 Å². The van der Waals surface area contributed by atoms with Gasteiger partial charge in [0, 0.05) is 27.0 Å². The molecule has 0 unspecified atom stereocenters. The Morgan fingerprint density at radius 3 is 2.52 bits per heavy atom. The summed E-state index contributed by atoms with van der Waals surface area (Å²) in [5, 5.41) is 2.53. The normalized spacial score (nSPS) is 22.1. The Labute approximate surface area is 186 Å². The second-order valence-electron chi connectivity index (χ2n) is 7.26. The lowest BCUT2D eigenvalue weighted by Gasteiger charge is -2.25. The molecule has 0 aromatic carbocycles. The number of aromatic amines is 1. The van der Waals surface area contributed by atoms with Crippen LogP contribution in [0.25, 0.3) is 11.0 Å². The van der Waals surface area contributed by atoms with Gasteiger partial charge in [-0.3, -0.25) is 24.2 Å². The average molecular weight is 465 g/mol. The summed E-state index contributed by atoms with van der Waals surface area (Å²) in [5.74, 6) is -2.80. The molecule has 3 heterocycles. The van der Waals surface area contributed by atoms with E-state index in [0.717, 1.165) is 7.11 Å². The van der Waals surface area contributed by atoms with Gasteiger partial charge in [-0.2, -0.15) is 4.98 Å². The summed E-state index contributed by atoms with van der Waals surface area (Å²) in [6.45, 7) is 3.32. The van der Waals surface area contributed by atoms with Crippen LogP contribution in [0.4, 0.5) is 5.95 Å². The zero-order valence-electron chi connectivity index (χ0n) is 18.2. The lowest BCUT2D eigenvalue weighted by atomic mass is 10.1. The Bertz CT molecular complexity index is 1170. The SMILES string of the molecule is COC(=O)c1cn([C@@H]2O[C@H](COC(C)=O)[C@@H](OC(C)=O)[C@@H]2NC(C)=O)c2nc(N)[nH]c(=O)c12. The molecular weight excluding hydrogens is 442 g/mol. The lowest BCUT2D eigenvalue weighted by Crippen LogP contribution is -2.48. The highest BCUT2D eigenvalue weighted by Gasteiger charge is 2.49. The first-order chi connectivity index (χ1) is 15.5. The van der Waals surface area contributed by atoms with E-state index >= 15 is 0 Å². The van der Waals surface area contributed by atoms with Crippen molar-refractivity contribution in [2.24, 2.45) is 0 Å². The number of carbonyl (C=O) groups excluding carboxylic acids is 4. The minimum atomic E-state index is -1.13. The minimum absolute atomic E-state index is 0.0355. The maximum atomic E-state index is 12.5. The predicted molar refractivity (Wildman–Crippen MR) is 110 cm³/mol. The van der Waals surface area contributed by atoms with E-state index in [9.17, 15) is 24.0 Å². The van der Waals surface area contributed by atoms with Crippen molar-refractivity contribution >= 4 is 40.8 Å². The summed E-state index contributed by atoms with van der Waals surface area (Å²) in [6, 6.07) is -1.00. The van der Waals surface area contributed by atoms with Crippen LogP contribution in [-0.2, 0) is 33.3 Å². The molecule has 1 fully saturated rings. The summed E-state index contributed by atoms with van der Waals surface area (Å²) in [6.07, 6.45) is -1.93. The third-order valence-electron chi connectivity index (χ3n) is 4.84. The largest absolute Gasteiger partial charge is 0.465 e. The quantitative estimate of drug-likeness (QED) is 0.349. The fourth-order valence-corrected chi connectivity index (χ4v) is 3.67. The molecule has 14 nitrogen and oxygen atoms in total. The van der Waals surface area contributed by atoms with Gasteiger partial charge in [0.2, 0.25) is 11.9 Å². The highest BCUT2D eigenvalue weighted by atomic mass is 16.6. The van der Waals surface area contributed by atoms with Gasteiger partial charge in [-0.1, -0.05) is 0 Å². The number of H-pyrrole nitrogens is 1. The maximum absolute atomic E-state index is 12.5. The number of fused-ring (bicyclic) bond motifs is 1. The van der Waals surface area contributed by atoms with Gasteiger partial charge in [0.1, 0.15) is 18.8 Å². The topological polar surface area (TPSA) is 194 Å². The number of anilines is 1. The molecule has 0 radical (unpaired) electrons. The molecule has 0 saturated carbocycles. The summed E-state index contributed by atoms with van der Waals surface area (Å²) < 4.78 is 22.4. The molecule has 33 heavy (non-hydrogen) atoms. The van der Waals surface area contributed by atoms with Gasteiger partial charge in [-0.05, 0) is 0 Å². The number of hydrogen-bond donors (Lipinski definition) is 3. The van der Waals surface area contributed by atoms with Crippen LogP contribution in [-0.4, -0.2) is 70.3 Å². The molecule has 178 valence electrons. The van der Waals surface area contributed by atoms with Gasteiger partial charge in [-0.15, -0.1) is 0 Å². The third kappa shape index (κ3) is 4.79. The first-order valence-electron chi connectivity index (χ1n) is 9.75. The number of hydrogen-bond acceptors (Lipinski definition) is 11. The number of methoxy groups -OCH3 is 1. The van der Waals surface area contributed by atoms with Crippen molar-refractivity contribution in [3.63, 3.8) is 0 Å². The van der Waals surface area contributed by atoms with Crippen LogP contribution in [0.1, 0.15) is 37.4 Å². The molecule has 1 aliphatic heterocycles. The number of carbonyl (C=O) groups is 4. The lowest BCUT2D eigenvalue weighted by molar-refractivity contribution is -0.156. The number of nitrogen functional groups attached to an aromatic ring is 1. The van der Waals surface area contributed by atoms with Crippen LogP contribution >= 0.6 is 0 Å². The number of nitrogens with two attached hydrogens (primary N) is 1. The summed E-state index contributed by atoms with van der Waals surface area (Å²) in [5.41, 5.74) is 4.84. The first kappa shape index (κ1) is 23.7. The molecule has 0 spiro atoms. The Morgan fingerprint density at radius 1 is 1.24 bits per heavy atom. The van der Waals surface area contributed by atoms with E-state index in [4.69, 9.17) is 24.7 Å². The molecule has 4 atom stereocenters. The number of nitrogens with one attached hydrogen (secondary N) is 2. The van der Waals surface area contributed by atoms with Crippen molar-refractivity contribution in [2.45, 2.75) is 45.2 Å². The predicted octanol–water partition coefficient (Wildman–Crippen LogP) is -1.01. The molecule has 2 aromatic rings. The van der Waals surface area contributed by atoms with Crippen LogP contribution < -0.4 is 16.6 Å². The van der Waals surface area contributed by atoms with Gasteiger partial charge in [0.15, 0.2) is 18.0 Å². The standard InChI is InChI=1S/C19H23N5O9/c1-7(25)21-13-14(32-9(3)27)11(6-31-8(2)26)33-17(13)24-5-10(18(29)30-4)12-15(24)22-19(20)23-16(12)28/h5,11,13-14,17H,6H2,1-4H3,(H,21,25)(H3,20,22,23,28)/t11-,13+,14-,17-/m1/s1. The molecule has 0 aliphatic carbocycles. The highest BCUT2D eigenvalue weighted by molar-refractivity contribution is 6.03. The number of ether oxygens (including phenoxy) is 4. The Hall–Kier alpha value is -3.94. The van der Waals surface area contributed by atoms with Gasteiger partial charge in [0.05, 0.1) is 18.1 Å². The van der Waals surface area contributed by atoms with E-state index in [-0.39, 0.29) is 29.2 Å². The Kier molecular flexibility index (Phi) is 6.67. The molecule has 1 amide bonds. The fraction of sp³-hybridized carbons (Fsp3) is 0.474. The van der Waals surface area contributed by atoms with Gasteiger partial charge in [0.25, 0.3) is 5.56 Å². The van der Waals surface area contributed by atoms with E-state index < -0.39 is 53.9 Å². The van der Waals surface area contributed by atoms with Crippen LogP contribution in [0.15, 0.2) is 11.0 Å². The monoisotopic (exact) mass is 465 g/mol. The zero-order valence-corrected chi connectivity index (χ0v) is 18.2. The van der Waals surface area contributed by atoms with Crippen molar-refractivity contribution in [1.29, 1.82) is 0 Å². The van der Waals surface area contributed by atoms with Crippen molar-refractivity contribution in [2.75, 3.05) is 19.5 Å². The number of amides is 1. The highest BCUT2D eigenvalue weighted by Crippen LogP contribution is 2.35. The fourth-order valence-electron chi connectivity index (χ4n) is 3.67. The van der Waals surface area contributed by atoms with Crippen LogP contribution in [0, 0.1) is 0 Å².